The van der Waals surface area contributed by atoms with E-state index in [0.717, 1.165) is 29.8 Å². The van der Waals surface area contributed by atoms with E-state index in [2.05, 4.69) is 15.5 Å². The standard InChI is InChI=1S/C16H20N4O2/c21-9-8-20(11-12-4-2-1-3-5-12)16(22)15-13-10-17-7-6-14(13)18-19-15/h1-5,17,21H,6-11H2,(H,18,19). The Morgan fingerprint density at radius 3 is 2.91 bits per heavy atom. The molecule has 1 aromatic carbocycles. The van der Waals surface area contributed by atoms with E-state index in [0.29, 0.717) is 25.3 Å². The average molecular weight is 300 g/mol. The van der Waals surface area contributed by atoms with Crippen LogP contribution in [0.2, 0.25) is 0 Å². The van der Waals surface area contributed by atoms with Gasteiger partial charge >= 0.3 is 0 Å². The van der Waals surface area contributed by atoms with Crippen molar-refractivity contribution in [1.29, 1.82) is 0 Å². The molecule has 3 rings (SSSR count). The van der Waals surface area contributed by atoms with Gasteiger partial charge in [0.05, 0.1) is 6.61 Å². The lowest BCUT2D eigenvalue weighted by molar-refractivity contribution is 0.0700. The number of H-pyrrole nitrogens is 1. The molecule has 2 heterocycles. The lowest BCUT2D eigenvalue weighted by Gasteiger charge is -2.22. The van der Waals surface area contributed by atoms with Crippen LogP contribution in [0, 0.1) is 0 Å². The zero-order valence-corrected chi connectivity index (χ0v) is 12.4. The van der Waals surface area contributed by atoms with Crippen molar-refractivity contribution in [2.24, 2.45) is 0 Å². The van der Waals surface area contributed by atoms with Crippen LogP contribution in [-0.4, -0.2) is 45.8 Å². The average Bonchev–Trinajstić information content (AvgIpc) is 2.99. The molecule has 116 valence electrons. The van der Waals surface area contributed by atoms with Gasteiger partial charge in [0.2, 0.25) is 0 Å². The molecular weight excluding hydrogens is 280 g/mol. The number of benzene rings is 1. The molecule has 2 aromatic rings. The van der Waals surface area contributed by atoms with E-state index in [1.54, 1.807) is 4.90 Å². The summed E-state index contributed by atoms with van der Waals surface area (Å²) in [4.78, 5) is 14.4. The number of amides is 1. The van der Waals surface area contributed by atoms with Crippen LogP contribution in [-0.2, 0) is 19.5 Å². The molecule has 0 fully saturated rings. The summed E-state index contributed by atoms with van der Waals surface area (Å²) in [5.74, 6) is -0.140. The van der Waals surface area contributed by atoms with Gasteiger partial charge in [0.25, 0.3) is 5.91 Å². The highest BCUT2D eigenvalue weighted by atomic mass is 16.3. The Morgan fingerprint density at radius 2 is 2.14 bits per heavy atom. The van der Waals surface area contributed by atoms with Gasteiger partial charge < -0.3 is 15.3 Å². The van der Waals surface area contributed by atoms with Crippen molar-refractivity contribution in [1.82, 2.24) is 20.4 Å². The highest BCUT2D eigenvalue weighted by Gasteiger charge is 2.25. The first-order valence-corrected chi connectivity index (χ1v) is 7.50. The number of aliphatic hydroxyl groups is 1. The zero-order chi connectivity index (χ0) is 15.4. The third-order valence-electron chi connectivity index (χ3n) is 3.88. The maximum Gasteiger partial charge on any atom is 0.275 e. The molecule has 1 aromatic heterocycles. The molecule has 6 nitrogen and oxygen atoms in total. The second kappa shape index (κ2) is 6.72. The molecule has 0 atom stereocenters. The van der Waals surface area contributed by atoms with E-state index >= 15 is 0 Å². The van der Waals surface area contributed by atoms with Crippen molar-refractivity contribution in [2.45, 2.75) is 19.5 Å². The van der Waals surface area contributed by atoms with E-state index < -0.39 is 0 Å². The molecule has 0 radical (unpaired) electrons. The number of aromatic amines is 1. The number of carbonyl (C=O) groups is 1. The first-order valence-electron chi connectivity index (χ1n) is 7.50. The Morgan fingerprint density at radius 1 is 1.32 bits per heavy atom. The number of rotatable bonds is 5. The minimum absolute atomic E-state index is 0.0660. The van der Waals surface area contributed by atoms with Crippen LogP contribution in [0.15, 0.2) is 30.3 Å². The lowest BCUT2D eigenvalue weighted by Crippen LogP contribution is -2.34. The third kappa shape index (κ3) is 3.03. The molecule has 0 bridgehead atoms. The Hall–Kier alpha value is -2.18. The molecule has 22 heavy (non-hydrogen) atoms. The van der Waals surface area contributed by atoms with Gasteiger partial charge in [0.15, 0.2) is 5.69 Å². The minimum atomic E-state index is -0.140. The smallest absolute Gasteiger partial charge is 0.275 e. The van der Waals surface area contributed by atoms with Crippen LogP contribution in [0.1, 0.15) is 27.3 Å². The van der Waals surface area contributed by atoms with Gasteiger partial charge in [-0.3, -0.25) is 9.89 Å². The summed E-state index contributed by atoms with van der Waals surface area (Å²) in [6.45, 7) is 2.25. The van der Waals surface area contributed by atoms with Crippen LogP contribution in [0.4, 0.5) is 0 Å². The fourth-order valence-electron chi connectivity index (χ4n) is 2.73. The quantitative estimate of drug-likeness (QED) is 0.759. The maximum atomic E-state index is 12.8. The van der Waals surface area contributed by atoms with Crippen molar-refractivity contribution >= 4 is 5.91 Å². The van der Waals surface area contributed by atoms with Gasteiger partial charge in [-0.1, -0.05) is 30.3 Å². The van der Waals surface area contributed by atoms with Gasteiger partial charge in [0, 0.05) is 43.9 Å². The summed E-state index contributed by atoms with van der Waals surface area (Å²) in [6, 6.07) is 9.77. The highest BCUT2D eigenvalue weighted by Crippen LogP contribution is 2.18. The molecule has 3 N–H and O–H groups in total. The third-order valence-corrected chi connectivity index (χ3v) is 3.88. The lowest BCUT2D eigenvalue weighted by atomic mass is 10.1. The summed E-state index contributed by atoms with van der Waals surface area (Å²) in [6.07, 6.45) is 0.855. The molecule has 0 saturated heterocycles. The van der Waals surface area contributed by atoms with Gasteiger partial charge in [-0.15, -0.1) is 0 Å². The van der Waals surface area contributed by atoms with Crippen molar-refractivity contribution < 1.29 is 9.90 Å². The molecule has 1 aliphatic heterocycles. The van der Waals surface area contributed by atoms with E-state index in [1.807, 2.05) is 30.3 Å². The van der Waals surface area contributed by atoms with Gasteiger partial charge in [-0.25, -0.2) is 0 Å². The van der Waals surface area contributed by atoms with Crippen molar-refractivity contribution in [3.05, 3.63) is 52.8 Å². The Kier molecular flexibility index (Phi) is 4.50. The predicted octanol–water partition coefficient (Wildman–Crippen LogP) is 0.690. The number of aliphatic hydroxyl groups excluding tert-OH is 1. The number of carbonyl (C=O) groups excluding carboxylic acids is 1. The van der Waals surface area contributed by atoms with Gasteiger partial charge in [-0.2, -0.15) is 5.10 Å². The Balaban J connectivity index is 1.82. The second-order valence-corrected chi connectivity index (χ2v) is 5.39. The zero-order valence-electron chi connectivity index (χ0n) is 12.4. The molecule has 1 amide bonds. The van der Waals surface area contributed by atoms with Gasteiger partial charge in [-0.05, 0) is 5.56 Å². The first kappa shape index (κ1) is 14.7. The Labute approximate surface area is 129 Å². The summed E-state index contributed by atoms with van der Waals surface area (Å²) in [5, 5.41) is 19.7. The summed E-state index contributed by atoms with van der Waals surface area (Å²) in [5.41, 5.74) is 3.48. The molecule has 0 unspecified atom stereocenters. The molecule has 1 aliphatic rings. The monoisotopic (exact) mass is 300 g/mol. The van der Waals surface area contributed by atoms with E-state index in [9.17, 15) is 9.90 Å². The Bertz CT molecular complexity index is 639. The van der Waals surface area contributed by atoms with Crippen molar-refractivity contribution in [2.75, 3.05) is 19.7 Å². The highest BCUT2D eigenvalue weighted by molar-refractivity contribution is 5.94. The SMILES string of the molecule is O=C(c1n[nH]c2c1CNCC2)N(CCO)Cc1ccccc1. The van der Waals surface area contributed by atoms with Crippen LogP contribution >= 0.6 is 0 Å². The summed E-state index contributed by atoms with van der Waals surface area (Å²) in [7, 11) is 0. The van der Waals surface area contributed by atoms with Crippen molar-refractivity contribution in [3.8, 4) is 0 Å². The van der Waals surface area contributed by atoms with Crippen LogP contribution in [0.5, 0.6) is 0 Å². The summed E-state index contributed by atoms with van der Waals surface area (Å²) < 4.78 is 0. The fraction of sp³-hybridized carbons (Fsp3) is 0.375. The second-order valence-electron chi connectivity index (χ2n) is 5.39. The van der Waals surface area contributed by atoms with Crippen molar-refractivity contribution in [3.63, 3.8) is 0 Å². The molecule has 0 saturated carbocycles. The molecular formula is C16H20N4O2. The maximum absolute atomic E-state index is 12.8. The minimum Gasteiger partial charge on any atom is -0.395 e. The van der Waals surface area contributed by atoms with E-state index in [1.165, 1.54) is 0 Å². The molecule has 0 aliphatic carbocycles. The largest absolute Gasteiger partial charge is 0.395 e. The number of nitrogens with one attached hydrogen (secondary N) is 2. The topological polar surface area (TPSA) is 81.2 Å². The summed E-state index contributed by atoms with van der Waals surface area (Å²) >= 11 is 0. The predicted molar refractivity (Wildman–Crippen MR) is 82.3 cm³/mol. The van der Waals surface area contributed by atoms with Crippen LogP contribution < -0.4 is 5.32 Å². The van der Waals surface area contributed by atoms with Crippen LogP contribution in [0.25, 0.3) is 0 Å². The number of aromatic nitrogens is 2. The van der Waals surface area contributed by atoms with E-state index in [-0.39, 0.29) is 12.5 Å². The molecule has 0 spiro atoms. The van der Waals surface area contributed by atoms with Gasteiger partial charge in [0.1, 0.15) is 0 Å². The molecule has 6 heteroatoms. The number of hydrogen-bond acceptors (Lipinski definition) is 4. The number of hydrogen-bond donors (Lipinski definition) is 3. The fourth-order valence-corrected chi connectivity index (χ4v) is 2.73. The number of fused-ring (bicyclic) bond motifs is 1. The first-order chi connectivity index (χ1) is 10.8. The normalized spacial score (nSPS) is 13.7. The van der Waals surface area contributed by atoms with E-state index in [4.69, 9.17) is 0 Å². The number of nitrogens with zero attached hydrogens (tertiary/aromatic N) is 2. The van der Waals surface area contributed by atoms with Crippen LogP contribution in [0.3, 0.4) is 0 Å².